The van der Waals surface area contributed by atoms with Crippen LogP contribution in [0.15, 0.2) is 12.7 Å². The Morgan fingerprint density at radius 2 is 0.456 bits per heavy atom. The molecule has 0 aromatic carbocycles. The van der Waals surface area contributed by atoms with Gasteiger partial charge in [0, 0.05) is 178 Å². The normalized spacial score (nSPS) is 11.5. The van der Waals surface area contributed by atoms with Crippen LogP contribution in [0.5, 0.6) is 0 Å². The van der Waals surface area contributed by atoms with Crippen molar-refractivity contribution in [3.8, 4) is 0 Å². The van der Waals surface area contributed by atoms with Gasteiger partial charge in [-0.05, 0) is 77.0 Å². The van der Waals surface area contributed by atoms with Crippen LogP contribution in [0.2, 0.25) is 0 Å². The number of aliphatic hydroxyl groups excluding tert-OH is 1. The number of aliphatic hydroxyl groups is 1. The summed E-state index contributed by atoms with van der Waals surface area (Å²) in [5.41, 5.74) is 0. The van der Waals surface area contributed by atoms with E-state index in [2.05, 4.69) is 6.58 Å². The average molecular weight is 827 g/mol. The average Bonchev–Trinajstić information content (AvgIpc) is 3.22. The first-order chi connectivity index (χ1) is 28.3. The summed E-state index contributed by atoms with van der Waals surface area (Å²) in [4.78, 5) is 10.9. The molecule has 0 rings (SSSR count). The van der Waals surface area contributed by atoms with Gasteiger partial charge in [-0.3, -0.25) is 0 Å². The van der Waals surface area contributed by atoms with E-state index < -0.39 is 5.97 Å². The van der Waals surface area contributed by atoms with Gasteiger partial charge in [-0.25, -0.2) is 4.79 Å². The Morgan fingerprint density at radius 1 is 0.298 bits per heavy atom. The third-order valence-electron chi connectivity index (χ3n) is 7.64. The van der Waals surface area contributed by atoms with Crippen LogP contribution in [0.3, 0.4) is 0 Å². The molecule has 0 spiro atoms. The van der Waals surface area contributed by atoms with Crippen LogP contribution >= 0.6 is 0 Å². The molecule has 0 aliphatic heterocycles. The van der Waals surface area contributed by atoms with Crippen molar-refractivity contribution in [3.63, 3.8) is 0 Å². The van der Waals surface area contributed by atoms with Gasteiger partial charge in [-0.2, -0.15) is 0 Å². The molecule has 0 unspecified atom stereocenters. The fraction of sp³-hybridized carbons (Fsp3) is 0.929. The number of carbonyl (C=O) groups excluding carboxylic acids is 1. The van der Waals surface area contributed by atoms with E-state index in [0.29, 0.717) is 178 Å². The summed E-state index contributed by atoms with van der Waals surface area (Å²) >= 11 is 0. The van der Waals surface area contributed by atoms with Gasteiger partial charge < -0.3 is 66.7 Å². The maximum atomic E-state index is 10.9. The van der Waals surface area contributed by atoms with Gasteiger partial charge >= 0.3 is 5.97 Å². The van der Waals surface area contributed by atoms with Crippen LogP contribution in [0.4, 0.5) is 0 Å². The summed E-state index contributed by atoms with van der Waals surface area (Å²) in [7, 11) is 0. The monoisotopic (exact) mass is 827 g/mol. The van der Waals surface area contributed by atoms with Gasteiger partial charge in [0.2, 0.25) is 0 Å². The maximum absolute atomic E-state index is 10.9. The van der Waals surface area contributed by atoms with E-state index in [1.807, 2.05) is 0 Å². The molecule has 0 fully saturated rings. The predicted octanol–water partition coefficient (Wildman–Crippen LogP) is 4.98. The summed E-state index contributed by atoms with van der Waals surface area (Å²) in [5, 5.41) is 8.68. The van der Waals surface area contributed by atoms with Crippen LogP contribution in [-0.4, -0.2) is 183 Å². The lowest BCUT2D eigenvalue weighted by Gasteiger charge is -2.08. The molecule has 0 aliphatic carbocycles. The second-order valence-electron chi connectivity index (χ2n) is 13.0. The van der Waals surface area contributed by atoms with Crippen molar-refractivity contribution in [2.75, 3.05) is 172 Å². The first kappa shape index (κ1) is 55.7. The van der Waals surface area contributed by atoms with Gasteiger partial charge in [-0.1, -0.05) is 6.58 Å². The van der Waals surface area contributed by atoms with E-state index in [4.69, 9.17) is 66.7 Å². The van der Waals surface area contributed by atoms with Crippen molar-refractivity contribution < 1.29 is 71.5 Å². The summed E-state index contributed by atoms with van der Waals surface area (Å²) < 4.78 is 72.0. The highest BCUT2D eigenvalue weighted by Crippen LogP contribution is 1.97. The number of ether oxygens (including phenoxy) is 13. The number of hydrogen-bond acceptors (Lipinski definition) is 15. The minimum atomic E-state index is -0.402. The molecule has 0 aromatic heterocycles. The first-order valence-corrected chi connectivity index (χ1v) is 21.6. The lowest BCUT2D eigenvalue weighted by Crippen LogP contribution is -2.09. The Hall–Kier alpha value is -1.31. The zero-order valence-electron chi connectivity index (χ0n) is 35.5. The first-order valence-electron chi connectivity index (χ1n) is 21.6. The molecular formula is C42H82O15. The molecule has 0 radical (unpaired) electrons. The molecule has 0 heterocycles. The SMILES string of the molecule is C=CC(=O)OCCCOCCCOCCCOCCCOCCCOCCCOCCCOCCCOCCCOCCCOCCCOCCCOCCCO. The van der Waals surface area contributed by atoms with Crippen molar-refractivity contribution in [2.45, 2.75) is 83.5 Å². The molecule has 0 bridgehead atoms. The van der Waals surface area contributed by atoms with Crippen LogP contribution in [0, 0.1) is 0 Å². The molecule has 340 valence electrons. The second kappa shape index (κ2) is 52.7. The van der Waals surface area contributed by atoms with Crippen molar-refractivity contribution in [1.29, 1.82) is 0 Å². The van der Waals surface area contributed by atoms with Crippen molar-refractivity contribution in [2.24, 2.45) is 0 Å². The molecule has 0 saturated carbocycles. The highest BCUT2D eigenvalue weighted by molar-refractivity contribution is 5.81. The molecule has 0 aromatic rings. The van der Waals surface area contributed by atoms with E-state index in [9.17, 15) is 4.79 Å². The largest absolute Gasteiger partial charge is 0.462 e. The lowest BCUT2D eigenvalue weighted by molar-refractivity contribution is -0.138. The summed E-state index contributed by atoms with van der Waals surface area (Å²) in [6.45, 7) is 20.3. The van der Waals surface area contributed by atoms with Gasteiger partial charge in [-0.15, -0.1) is 0 Å². The number of esters is 1. The molecule has 1 N–H and O–H groups in total. The van der Waals surface area contributed by atoms with Gasteiger partial charge in [0.15, 0.2) is 0 Å². The lowest BCUT2D eigenvalue weighted by atomic mass is 10.4. The van der Waals surface area contributed by atoms with E-state index in [1.54, 1.807) is 0 Å². The number of hydrogen-bond donors (Lipinski definition) is 1. The third-order valence-corrected chi connectivity index (χ3v) is 7.64. The van der Waals surface area contributed by atoms with Gasteiger partial charge in [0.25, 0.3) is 0 Å². The van der Waals surface area contributed by atoms with Crippen molar-refractivity contribution >= 4 is 5.97 Å². The fourth-order valence-electron chi connectivity index (χ4n) is 4.68. The van der Waals surface area contributed by atoms with Crippen LogP contribution < -0.4 is 0 Å². The summed E-state index contributed by atoms with van der Waals surface area (Å²) in [6, 6.07) is 0. The maximum Gasteiger partial charge on any atom is 0.330 e. The topological polar surface area (TPSA) is 157 Å². The van der Waals surface area contributed by atoms with E-state index in [1.165, 1.54) is 0 Å². The van der Waals surface area contributed by atoms with Crippen LogP contribution in [-0.2, 0) is 66.4 Å². The van der Waals surface area contributed by atoms with Crippen molar-refractivity contribution in [1.82, 2.24) is 0 Å². The molecule has 0 atom stereocenters. The Balaban J connectivity index is 3.06. The Morgan fingerprint density at radius 3 is 0.614 bits per heavy atom. The Bertz CT molecular complexity index is 765. The zero-order valence-corrected chi connectivity index (χ0v) is 35.5. The molecule has 15 nitrogen and oxygen atoms in total. The Kier molecular flexibility index (Phi) is 51.5. The molecule has 15 heteroatoms. The van der Waals surface area contributed by atoms with E-state index in [-0.39, 0.29) is 6.61 Å². The quantitative estimate of drug-likeness (QED) is 0.0497. The molecule has 0 saturated heterocycles. The molecule has 57 heavy (non-hydrogen) atoms. The summed E-state index contributed by atoms with van der Waals surface area (Å²) in [5.74, 6) is -0.402. The number of rotatable bonds is 52. The minimum Gasteiger partial charge on any atom is -0.462 e. The number of carbonyl (C=O) groups is 1. The van der Waals surface area contributed by atoms with Crippen molar-refractivity contribution in [3.05, 3.63) is 12.7 Å². The zero-order chi connectivity index (χ0) is 41.1. The van der Waals surface area contributed by atoms with Crippen LogP contribution in [0.25, 0.3) is 0 Å². The van der Waals surface area contributed by atoms with Gasteiger partial charge in [0.05, 0.1) is 6.61 Å². The predicted molar refractivity (Wildman–Crippen MR) is 218 cm³/mol. The Labute approximate surface area is 344 Å². The smallest absolute Gasteiger partial charge is 0.330 e. The van der Waals surface area contributed by atoms with E-state index >= 15 is 0 Å². The highest BCUT2D eigenvalue weighted by atomic mass is 16.5. The standard InChI is InChI=1S/C42H82O15/c1-2-42(44)57-41-15-40-56-39-14-38-55-37-13-36-54-35-12-34-53-33-11-32-52-31-10-30-51-29-9-28-50-27-8-26-49-25-7-24-48-23-6-22-47-21-5-20-46-19-4-18-45-17-3-16-43/h2,43H,1,3-41H2. The van der Waals surface area contributed by atoms with Gasteiger partial charge in [0.1, 0.15) is 0 Å². The molecule has 0 amide bonds. The minimum absolute atomic E-state index is 0.176. The highest BCUT2D eigenvalue weighted by Gasteiger charge is 1.99. The molecule has 0 aliphatic rings. The molecular weight excluding hydrogens is 744 g/mol. The third kappa shape index (κ3) is 52.7. The second-order valence-corrected chi connectivity index (χ2v) is 13.0. The summed E-state index contributed by atoms with van der Waals surface area (Å²) in [6.07, 6.45) is 12.2. The fourth-order valence-corrected chi connectivity index (χ4v) is 4.68. The van der Waals surface area contributed by atoms with E-state index in [0.717, 1.165) is 76.7 Å². The van der Waals surface area contributed by atoms with Crippen LogP contribution in [0.1, 0.15) is 83.5 Å².